The number of amides is 2. The number of aromatic nitrogens is 1. The summed E-state index contributed by atoms with van der Waals surface area (Å²) in [6.45, 7) is 2.69. The van der Waals surface area contributed by atoms with Gasteiger partial charge in [0.2, 0.25) is 0 Å². The zero-order chi connectivity index (χ0) is 20.8. The van der Waals surface area contributed by atoms with Crippen LogP contribution in [0.25, 0.3) is 0 Å². The van der Waals surface area contributed by atoms with E-state index in [2.05, 4.69) is 15.2 Å². The molecule has 1 fully saturated rings. The molecule has 2 heterocycles. The Hall–Kier alpha value is -3.06. The second-order valence-corrected chi connectivity index (χ2v) is 8.03. The molecule has 0 aliphatic carbocycles. The molecule has 0 unspecified atom stereocenters. The maximum atomic E-state index is 13.1. The fraction of sp³-hybridized carbons (Fsp3) is 0.217. The molecule has 1 N–H and O–H groups in total. The normalized spacial score (nSPS) is 13.9. The fourth-order valence-corrected chi connectivity index (χ4v) is 4.16. The molecule has 7 heteroatoms. The molecule has 1 aliphatic heterocycles. The molecule has 0 bridgehead atoms. The van der Waals surface area contributed by atoms with Gasteiger partial charge in [-0.3, -0.25) is 0 Å². The van der Waals surface area contributed by atoms with Gasteiger partial charge in [0.05, 0.1) is 5.03 Å². The quantitative estimate of drug-likeness (QED) is 0.596. The van der Waals surface area contributed by atoms with Gasteiger partial charge in [-0.05, 0) is 54.1 Å². The smallest absolute Gasteiger partial charge is 0.321 e. The van der Waals surface area contributed by atoms with E-state index >= 15 is 0 Å². The maximum absolute atomic E-state index is 13.1. The molecule has 0 atom stereocenters. The molecule has 0 saturated carbocycles. The number of pyridine rings is 1. The molecule has 1 saturated heterocycles. The summed E-state index contributed by atoms with van der Waals surface area (Å²) in [5, 5.41) is 3.98. The van der Waals surface area contributed by atoms with E-state index in [0.29, 0.717) is 13.1 Å². The summed E-state index contributed by atoms with van der Waals surface area (Å²) in [5.74, 6) is 0.550. The molecule has 4 rings (SSSR count). The van der Waals surface area contributed by atoms with Crippen molar-refractivity contribution >= 4 is 29.2 Å². The van der Waals surface area contributed by atoms with Crippen molar-refractivity contribution in [2.75, 3.05) is 36.4 Å². The minimum atomic E-state index is -0.238. The summed E-state index contributed by atoms with van der Waals surface area (Å²) < 4.78 is 13.1. The second-order valence-electron chi connectivity index (χ2n) is 7.04. The number of hydrogen-bond acceptors (Lipinski definition) is 4. The molecule has 5 nitrogen and oxygen atoms in total. The van der Waals surface area contributed by atoms with Crippen LogP contribution in [0.3, 0.4) is 0 Å². The van der Waals surface area contributed by atoms with E-state index in [1.165, 1.54) is 12.1 Å². The van der Waals surface area contributed by atoms with Crippen LogP contribution in [-0.4, -0.2) is 42.1 Å². The first-order valence-electron chi connectivity index (χ1n) is 9.86. The molecule has 154 valence electrons. The zero-order valence-corrected chi connectivity index (χ0v) is 17.3. The van der Waals surface area contributed by atoms with Crippen LogP contribution in [0.5, 0.6) is 0 Å². The molecular formula is C23H23FN4OS. The number of nitrogens with zero attached hydrogens (tertiary/aromatic N) is 3. The van der Waals surface area contributed by atoms with E-state index in [1.807, 2.05) is 47.4 Å². The van der Waals surface area contributed by atoms with Crippen molar-refractivity contribution in [1.29, 1.82) is 0 Å². The molecule has 0 radical (unpaired) electrons. The van der Waals surface area contributed by atoms with E-state index in [1.54, 1.807) is 30.1 Å². The lowest BCUT2D eigenvalue weighted by Gasteiger charge is -2.36. The average molecular weight is 423 g/mol. The van der Waals surface area contributed by atoms with Gasteiger partial charge >= 0.3 is 6.03 Å². The summed E-state index contributed by atoms with van der Waals surface area (Å²) in [5.41, 5.74) is 2.90. The number of urea groups is 1. The first kappa shape index (κ1) is 20.2. The SMILES string of the molecule is O=C(Nc1cccc(CSc2ccccn2)c1)N1CCN(c2ccc(F)cc2)CC1. The monoisotopic (exact) mass is 422 g/mol. The molecule has 2 aromatic carbocycles. The predicted molar refractivity (Wildman–Crippen MR) is 119 cm³/mol. The Morgan fingerprint density at radius 3 is 2.53 bits per heavy atom. The average Bonchev–Trinajstić information content (AvgIpc) is 2.79. The lowest BCUT2D eigenvalue weighted by molar-refractivity contribution is 0.208. The predicted octanol–water partition coefficient (Wildman–Crippen LogP) is 4.87. The molecule has 2 amide bonds. The summed E-state index contributed by atoms with van der Waals surface area (Å²) in [4.78, 5) is 21.0. The van der Waals surface area contributed by atoms with Crippen LogP contribution >= 0.6 is 11.8 Å². The molecular weight excluding hydrogens is 399 g/mol. The number of nitrogens with one attached hydrogen (secondary N) is 1. The van der Waals surface area contributed by atoms with Gasteiger partial charge in [-0.1, -0.05) is 18.2 Å². The third-order valence-corrected chi connectivity index (χ3v) is 5.98. The molecule has 0 spiro atoms. The van der Waals surface area contributed by atoms with E-state index in [9.17, 15) is 9.18 Å². The number of hydrogen-bond donors (Lipinski definition) is 1. The lowest BCUT2D eigenvalue weighted by atomic mass is 10.2. The number of carbonyl (C=O) groups excluding carboxylic acids is 1. The van der Waals surface area contributed by atoms with Crippen molar-refractivity contribution in [3.8, 4) is 0 Å². The van der Waals surface area contributed by atoms with Gasteiger partial charge in [0, 0.05) is 49.5 Å². The Labute approximate surface area is 179 Å². The lowest BCUT2D eigenvalue weighted by Crippen LogP contribution is -2.50. The van der Waals surface area contributed by atoms with Crippen LogP contribution in [0.4, 0.5) is 20.6 Å². The number of anilines is 2. The summed E-state index contributed by atoms with van der Waals surface area (Å²) in [6, 6.07) is 20.2. The molecule has 1 aliphatic rings. The number of benzene rings is 2. The van der Waals surface area contributed by atoms with Gasteiger partial charge in [0.1, 0.15) is 5.82 Å². The number of thioether (sulfide) groups is 1. The van der Waals surface area contributed by atoms with Crippen molar-refractivity contribution in [2.24, 2.45) is 0 Å². The number of rotatable bonds is 5. The van der Waals surface area contributed by atoms with E-state index in [4.69, 9.17) is 0 Å². The Balaban J connectivity index is 1.29. The van der Waals surface area contributed by atoms with Crippen molar-refractivity contribution in [1.82, 2.24) is 9.88 Å². The fourth-order valence-electron chi connectivity index (χ4n) is 3.35. The largest absolute Gasteiger partial charge is 0.368 e. The van der Waals surface area contributed by atoms with E-state index in [0.717, 1.165) is 40.8 Å². The van der Waals surface area contributed by atoms with Gasteiger partial charge in [-0.2, -0.15) is 0 Å². The van der Waals surface area contributed by atoms with Gasteiger partial charge in [-0.25, -0.2) is 14.2 Å². The topological polar surface area (TPSA) is 48.5 Å². The summed E-state index contributed by atoms with van der Waals surface area (Å²) >= 11 is 1.66. The highest BCUT2D eigenvalue weighted by Crippen LogP contribution is 2.22. The summed E-state index contributed by atoms with van der Waals surface area (Å²) in [6.07, 6.45) is 1.79. The minimum absolute atomic E-state index is 0.0942. The van der Waals surface area contributed by atoms with Crippen molar-refractivity contribution in [3.63, 3.8) is 0 Å². The van der Waals surface area contributed by atoms with E-state index < -0.39 is 0 Å². The Kier molecular flexibility index (Phi) is 6.49. The Morgan fingerprint density at radius 2 is 1.80 bits per heavy atom. The van der Waals surface area contributed by atoms with Crippen molar-refractivity contribution < 1.29 is 9.18 Å². The maximum Gasteiger partial charge on any atom is 0.321 e. The van der Waals surface area contributed by atoms with Gasteiger partial charge < -0.3 is 15.1 Å². The van der Waals surface area contributed by atoms with Crippen LogP contribution < -0.4 is 10.2 Å². The number of halogens is 1. The third kappa shape index (κ3) is 5.30. The number of piperazine rings is 1. The Bertz CT molecular complexity index is 976. The first-order chi connectivity index (χ1) is 14.7. The van der Waals surface area contributed by atoms with Crippen LogP contribution in [0.1, 0.15) is 5.56 Å². The van der Waals surface area contributed by atoms with Crippen molar-refractivity contribution in [3.05, 3.63) is 84.3 Å². The van der Waals surface area contributed by atoms with Gasteiger partial charge in [0.25, 0.3) is 0 Å². The second kappa shape index (κ2) is 9.63. The Morgan fingerprint density at radius 1 is 1.00 bits per heavy atom. The molecule has 3 aromatic rings. The van der Waals surface area contributed by atoms with Crippen LogP contribution in [0.15, 0.2) is 78.0 Å². The highest BCUT2D eigenvalue weighted by molar-refractivity contribution is 7.98. The van der Waals surface area contributed by atoms with Crippen LogP contribution in [0.2, 0.25) is 0 Å². The standard InChI is InChI=1S/C23H23FN4OS/c24-19-7-9-21(10-8-19)27-12-14-28(15-13-27)23(29)26-20-5-3-4-18(16-20)17-30-22-6-1-2-11-25-22/h1-11,16H,12-15,17H2,(H,26,29). The zero-order valence-electron chi connectivity index (χ0n) is 16.5. The van der Waals surface area contributed by atoms with Crippen molar-refractivity contribution in [2.45, 2.75) is 10.8 Å². The van der Waals surface area contributed by atoms with Crippen LogP contribution in [0, 0.1) is 5.82 Å². The van der Waals surface area contributed by atoms with Gasteiger partial charge in [0.15, 0.2) is 0 Å². The highest BCUT2D eigenvalue weighted by Gasteiger charge is 2.21. The summed E-state index contributed by atoms with van der Waals surface area (Å²) in [7, 11) is 0. The minimum Gasteiger partial charge on any atom is -0.368 e. The molecule has 30 heavy (non-hydrogen) atoms. The third-order valence-electron chi connectivity index (χ3n) is 4.96. The molecule has 1 aromatic heterocycles. The van der Waals surface area contributed by atoms with Gasteiger partial charge in [-0.15, -0.1) is 11.8 Å². The van der Waals surface area contributed by atoms with Crippen LogP contribution in [-0.2, 0) is 5.75 Å². The first-order valence-corrected chi connectivity index (χ1v) is 10.9. The highest BCUT2D eigenvalue weighted by atomic mass is 32.2. The number of carbonyl (C=O) groups is 1. The van der Waals surface area contributed by atoms with E-state index in [-0.39, 0.29) is 11.8 Å².